The number of hydrogen-bond donors (Lipinski definition) is 3. The minimum atomic E-state index is -0.916. The van der Waals surface area contributed by atoms with Crippen LogP contribution >= 0.6 is 11.3 Å². The van der Waals surface area contributed by atoms with Crippen molar-refractivity contribution in [3.8, 4) is 0 Å². The molecule has 2 aromatic rings. The molecule has 1 aromatic heterocycles. The Kier molecular flexibility index (Phi) is 6.39. The topological polar surface area (TPSA) is 59.9 Å². The molecule has 5 nitrogen and oxygen atoms in total. The summed E-state index contributed by atoms with van der Waals surface area (Å²) in [5.41, 5.74) is 3.05. The molecule has 0 saturated heterocycles. The molecule has 1 unspecified atom stereocenters. The molecule has 0 spiro atoms. The fraction of sp³-hybridized carbons (Fsp3) is 0.476. The highest BCUT2D eigenvalue weighted by Gasteiger charge is 2.24. The van der Waals surface area contributed by atoms with Crippen molar-refractivity contribution in [1.82, 2.24) is 10.6 Å². The number of aliphatic imine (C=N–C) groups is 1. The average molecular weight is 387 g/mol. The van der Waals surface area contributed by atoms with Crippen LogP contribution in [-0.4, -0.2) is 37.7 Å². The lowest BCUT2D eigenvalue weighted by Crippen LogP contribution is -2.44. The number of anilines is 1. The Morgan fingerprint density at radius 1 is 1.33 bits per heavy atom. The first-order chi connectivity index (χ1) is 13.0. The number of benzene rings is 1. The SMILES string of the molecule is CCNC(=NCc1ccc2c(c1)CCCN2C)NCC(C)(O)c1cccs1. The lowest BCUT2D eigenvalue weighted by atomic mass is 10.00. The maximum Gasteiger partial charge on any atom is 0.191 e. The van der Waals surface area contributed by atoms with E-state index in [1.807, 2.05) is 31.4 Å². The second kappa shape index (κ2) is 8.76. The molecule has 0 aliphatic carbocycles. The Bertz CT molecular complexity index is 770. The molecule has 27 heavy (non-hydrogen) atoms. The van der Waals surface area contributed by atoms with E-state index in [1.54, 1.807) is 11.3 Å². The summed E-state index contributed by atoms with van der Waals surface area (Å²) in [6.45, 7) is 6.81. The minimum Gasteiger partial charge on any atom is -0.383 e. The highest BCUT2D eigenvalue weighted by Crippen LogP contribution is 2.27. The fourth-order valence-corrected chi connectivity index (χ4v) is 4.16. The van der Waals surface area contributed by atoms with Crippen molar-refractivity contribution in [2.75, 3.05) is 31.6 Å². The smallest absolute Gasteiger partial charge is 0.191 e. The maximum absolute atomic E-state index is 10.7. The molecule has 1 aromatic carbocycles. The van der Waals surface area contributed by atoms with Crippen molar-refractivity contribution in [2.45, 2.75) is 38.8 Å². The standard InChI is InChI=1S/C21H30N4OS/c1-4-22-20(24-15-21(2,26)19-8-6-12-27-19)23-14-16-9-10-18-17(13-16)7-5-11-25(18)3/h6,8-10,12-13,26H,4-5,7,11,14-15H2,1-3H3,(H2,22,23,24). The van der Waals surface area contributed by atoms with Gasteiger partial charge < -0.3 is 20.6 Å². The van der Waals surface area contributed by atoms with Gasteiger partial charge in [0.2, 0.25) is 0 Å². The fourth-order valence-electron chi connectivity index (χ4n) is 3.38. The molecule has 0 bridgehead atoms. The monoisotopic (exact) mass is 386 g/mol. The summed E-state index contributed by atoms with van der Waals surface area (Å²) < 4.78 is 0. The van der Waals surface area contributed by atoms with E-state index in [4.69, 9.17) is 4.99 Å². The largest absolute Gasteiger partial charge is 0.383 e. The van der Waals surface area contributed by atoms with Crippen molar-refractivity contribution < 1.29 is 5.11 Å². The van der Waals surface area contributed by atoms with Crippen LogP contribution in [0.25, 0.3) is 0 Å². The number of rotatable bonds is 6. The van der Waals surface area contributed by atoms with Crippen LogP contribution in [0.2, 0.25) is 0 Å². The molecule has 2 heterocycles. The van der Waals surface area contributed by atoms with Gasteiger partial charge in [0.25, 0.3) is 0 Å². The molecule has 1 atom stereocenters. The lowest BCUT2D eigenvalue weighted by molar-refractivity contribution is 0.0655. The van der Waals surface area contributed by atoms with Gasteiger partial charge in [0, 0.05) is 30.7 Å². The van der Waals surface area contributed by atoms with Crippen LogP contribution in [-0.2, 0) is 18.6 Å². The Morgan fingerprint density at radius 3 is 2.93 bits per heavy atom. The summed E-state index contributed by atoms with van der Waals surface area (Å²) in [6.07, 6.45) is 2.34. The summed E-state index contributed by atoms with van der Waals surface area (Å²) in [4.78, 5) is 7.98. The first-order valence-corrected chi connectivity index (χ1v) is 10.5. The van der Waals surface area contributed by atoms with E-state index in [2.05, 4.69) is 40.8 Å². The summed E-state index contributed by atoms with van der Waals surface area (Å²) in [5.74, 6) is 0.726. The zero-order chi connectivity index (χ0) is 19.3. The summed E-state index contributed by atoms with van der Waals surface area (Å²) >= 11 is 1.56. The summed E-state index contributed by atoms with van der Waals surface area (Å²) in [5, 5.41) is 19.2. The number of fused-ring (bicyclic) bond motifs is 1. The Labute approximate surface area is 166 Å². The van der Waals surface area contributed by atoms with Crippen LogP contribution in [0.1, 0.15) is 36.3 Å². The highest BCUT2D eigenvalue weighted by atomic mass is 32.1. The van der Waals surface area contributed by atoms with Crippen molar-refractivity contribution in [3.05, 3.63) is 51.7 Å². The van der Waals surface area contributed by atoms with Crippen molar-refractivity contribution in [1.29, 1.82) is 0 Å². The highest BCUT2D eigenvalue weighted by molar-refractivity contribution is 7.10. The van der Waals surface area contributed by atoms with E-state index in [1.165, 1.54) is 23.2 Å². The molecular formula is C21H30N4OS. The van der Waals surface area contributed by atoms with Crippen LogP contribution in [0, 0.1) is 0 Å². The van der Waals surface area contributed by atoms with Crippen LogP contribution in [0.3, 0.4) is 0 Å². The van der Waals surface area contributed by atoms with Crippen LogP contribution in [0.15, 0.2) is 40.7 Å². The van der Waals surface area contributed by atoms with Gasteiger partial charge >= 0.3 is 0 Å². The molecule has 0 radical (unpaired) electrons. The van der Waals surface area contributed by atoms with Crippen molar-refractivity contribution >= 4 is 23.0 Å². The lowest BCUT2D eigenvalue weighted by Gasteiger charge is -2.27. The normalized spacial score (nSPS) is 16.6. The van der Waals surface area contributed by atoms with Crippen LogP contribution in [0.5, 0.6) is 0 Å². The molecule has 6 heteroatoms. The van der Waals surface area contributed by atoms with Gasteiger partial charge in [-0.3, -0.25) is 0 Å². The second-order valence-electron chi connectivity index (χ2n) is 7.29. The predicted molar refractivity (Wildman–Crippen MR) is 115 cm³/mol. The summed E-state index contributed by atoms with van der Waals surface area (Å²) in [6, 6.07) is 10.6. The molecule has 0 fully saturated rings. The summed E-state index contributed by atoms with van der Waals surface area (Å²) in [7, 11) is 2.16. The molecule has 1 aliphatic heterocycles. The molecule has 146 valence electrons. The molecule has 0 amide bonds. The average Bonchev–Trinajstić information content (AvgIpc) is 3.20. The van der Waals surface area contributed by atoms with Gasteiger partial charge in [-0.25, -0.2) is 4.99 Å². The van der Waals surface area contributed by atoms with Crippen molar-refractivity contribution in [3.63, 3.8) is 0 Å². The Hall–Kier alpha value is -2.05. The van der Waals surface area contributed by atoms with Gasteiger partial charge in [0.15, 0.2) is 5.96 Å². The number of guanidine groups is 1. The minimum absolute atomic E-state index is 0.411. The Morgan fingerprint density at radius 2 is 2.19 bits per heavy atom. The van der Waals surface area contributed by atoms with Gasteiger partial charge in [-0.1, -0.05) is 18.2 Å². The number of nitrogens with zero attached hydrogens (tertiary/aromatic N) is 2. The molecule has 3 N–H and O–H groups in total. The zero-order valence-corrected chi connectivity index (χ0v) is 17.3. The van der Waals surface area contributed by atoms with Crippen LogP contribution < -0.4 is 15.5 Å². The zero-order valence-electron chi connectivity index (χ0n) is 16.5. The third kappa shape index (κ3) is 5.02. The number of nitrogens with one attached hydrogen (secondary N) is 2. The third-order valence-corrected chi connectivity index (χ3v) is 6.03. The van der Waals surface area contributed by atoms with E-state index in [9.17, 15) is 5.11 Å². The van der Waals surface area contributed by atoms with Gasteiger partial charge in [-0.2, -0.15) is 0 Å². The maximum atomic E-state index is 10.7. The van der Waals surface area contributed by atoms with Crippen LogP contribution in [0.4, 0.5) is 5.69 Å². The predicted octanol–water partition coefficient (Wildman–Crippen LogP) is 3.09. The first kappa shape index (κ1) is 19.7. The first-order valence-electron chi connectivity index (χ1n) is 9.61. The molecule has 3 rings (SSSR count). The second-order valence-corrected chi connectivity index (χ2v) is 8.24. The molecule has 1 aliphatic rings. The van der Waals surface area contributed by atoms with E-state index in [0.717, 1.165) is 30.3 Å². The number of hydrogen-bond acceptors (Lipinski definition) is 4. The van der Waals surface area contributed by atoms with Gasteiger partial charge in [0.05, 0.1) is 13.1 Å². The molecular weight excluding hydrogens is 356 g/mol. The quantitative estimate of drug-likeness (QED) is 0.527. The number of thiophene rings is 1. The van der Waals surface area contributed by atoms with Gasteiger partial charge in [-0.15, -0.1) is 11.3 Å². The number of aliphatic hydroxyl groups is 1. The van der Waals surface area contributed by atoms with Gasteiger partial charge in [-0.05, 0) is 55.3 Å². The van der Waals surface area contributed by atoms with Gasteiger partial charge in [0.1, 0.15) is 5.60 Å². The van der Waals surface area contributed by atoms with Crippen molar-refractivity contribution in [2.24, 2.45) is 4.99 Å². The van der Waals surface area contributed by atoms with E-state index >= 15 is 0 Å². The Balaban J connectivity index is 1.65. The van der Waals surface area contributed by atoms with E-state index in [-0.39, 0.29) is 0 Å². The van der Waals surface area contributed by atoms with E-state index < -0.39 is 5.60 Å². The molecule has 0 saturated carbocycles. The third-order valence-electron chi connectivity index (χ3n) is 4.91. The number of aryl methyl sites for hydroxylation is 1. The van der Waals surface area contributed by atoms with E-state index in [0.29, 0.717) is 13.1 Å².